The molecule has 2 rings (SSSR count). The number of hydrogen-bond acceptors (Lipinski definition) is 3. The SMILES string of the molecule is Cc1ccc(NC(=O)c2ccnc(C)c2)c(N)c1. The molecule has 1 amide bonds. The minimum Gasteiger partial charge on any atom is -0.397 e. The van der Waals surface area contributed by atoms with Crippen LogP contribution in [0.25, 0.3) is 0 Å². The van der Waals surface area contributed by atoms with Crippen molar-refractivity contribution in [3.8, 4) is 0 Å². The Kier molecular flexibility index (Phi) is 3.28. The quantitative estimate of drug-likeness (QED) is 0.794. The fourth-order valence-corrected chi connectivity index (χ4v) is 1.68. The zero-order chi connectivity index (χ0) is 13.1. The van der Waals surface area contributed by atoms with Crippen molar-refractivity contribution >= 4 is 17.3 Å². The van der Waals surface area contributed by atoms with Crippen LogP contribution in [0.4, 0.5) is 11.4 Å². The summed E-state index contributed by atoms with van der Waals surface area (Å²) in [6, 6.07) is 8.94. The standard InChI is InChI=1S/C14H15N3O/c1-9-3-4-13(12(15)7-9)17-14(18)11-5-6-16-10(2)8-11/h3-8H,15H2,1-2H3,(H,17,18). The van der Waals surface area contributed by atoms with Crippen LogP contribution in [0.1, 0.15) is 21.6 Å². The number of nitrogen functional groups attached to an aromatic ring is 1. The van der Waals surface area contributed by atoms with E-state index in [4.69, 9.17) is 5.73 Å². The van der Waals surface area contributed by atoms with Crippen molar-refractivity contribution in [1.29, 1.82) is 0 Å². The maximum Gasteiger partial charge on any atom is 0.255 e. The molecule has 0 aliphatic heterocycles. The number of pyridine rings is 1. The van der Waals surface area contributed by atoms with E-state index in [1.165, 1.54) is 0 Å². The van der Waals surface area contributed by atoms with Crippen molar-refractivity contribution in [2.24, 2.45) is 0 Å². The van der Waals surface area contributed by atoms with E-state index in [-0.39, 0.29) is 5.91 Å². The minimum absolute atomic E-state index is 0.184. The first-order valence-electron chi connectivity index (χ1n) is 5.66. The highest BCUT2D eigenvalue weighted by atomic mass is 16.1. The maximum absolute atomic E-state index is 12.0. The highest BCUT2D eigenvalue weighted by Gasteiger charge is 2.08. The molecule has 0 aliphatic rings. The molecule has 0 radical (unpaired) electrons. The number of hydrogen-bond donors (Lipinski definition) is 2. The first-order chi connectivity index (χ1) is 8.56. The molecule has 92 valence electrons. The molecule has 18 heavy (non-hydrogen) atoms. The smallest absolute Gasteiger partial charge is 0.255 e. The molecule has 4 heteroatoms. The predicted octanol–water partition coefficient (Wildman–Crippen LogP) is 2.53. The summed E-state index contributed by atoms with van der Waals surface area (Å²) in [5.41, 5.74) is 9.48. The lowest BCUT2D eigenvalue weighted by Crippen LogP contribution is -2.13. The zero-order valence-electron chi connectivity index (χ0n) is 10.4. The van der Waals surface area contributed by atoms with Gasteiger partial charge in [-0.3, -0.25) is 9.78 Å². The Balaban J connectivity index is 2.21. The number of amides is 1. The lowest BCUT2D eigenvalue weighted by Gasteiger charge is -2.09. The Morgan fingerprint density at radius 2 is 2.00 bits per heavy atom. The first-order valence-corrected chi connectivity index (χ1v) is 5.66. The second-order valence-corrected chi connectivity index (χ2v) is 4.23. The second-order valence-electron chi connectivity index (χ2n) is 4.23. The second kappa shape index (κ2) is 4.87. The van der Waals surface area contributed by atoms with E-state index in [0.717, 1.165) is 11.3 Å². The molecular weight excluding hydrogens is 226 g/mol. The van der Waals surface area contributed by atoms with E-state index >= 15 is 0 Å². The Morgan fingerprint density at radius 3 is 2.67 bits per heavy atom. The molecule has 0 bridgehead atoms. The Bertz CT molecular complexity index is 593. The molecule has 0 saturated carbocycles. The highest BCUT2D eigenvalue weighted by molar-refractivity contribution is 6.05. The lowest BCUT2D eigenvalue weighted by molar-refractivity contribution is 0.102. The Labute approximate surface area is 106 Å². The average Bonchev–Trinajstić information content (AvgIpc) is 2.32. The van der Waals surface area contributed by atoms with Crippen molar-refractivity contribution in [3.05, 3.63) is 53.3 Å². The van der Waals surface area contributed by atoms with Crippen molar-refractivity contribution in [3.63, 3.8) is 0 Å². The number of nitrogens with two attached hydrogens (primary N) is 1. The summed E-state index contributed by atoms with van der Waals surface area (Å²) in [6.45, 7) is 3.80. The molecule has 1 aromatic carbocycles. The third kappa shape index (κ3) is 2.66. The normalized spacial score (nSPS) is 10.1. The van der Waals surface area contributed by atoms with Crippen LogP contribution in [0.5, 0.6) is 0 Å². The maximum atomic E-state index is 12.0. The number of carbonyl (C=O) groups is 1. The van der Waals surface area contributed by atoms with Gasteiger partial charge in [0.25, 0.3) is 5.91 Å². The van der Waals surface area contributed by atoms with Gasteiger partial charge in [0.05, 0.1) is 11.4 Å². The fraction of sp³-hybridized carbons (Fsp3) is 0.143. The molecule has 1 heterocycles. The summed E-state index contributed by atoms with van der Waals surface area (Å²) in [7, 11) is 0. The molecule has 0 spiro atoms. The largest absolute Gasteiger partial charge is 0.397 e. The molecule has 2 aromatic rings. The van der Waals surface area contributed by atoms with Gasteiger partial charge in [0.1, 0.15) is 0 Å². The lowest BCUT2D eigenvalue weighted by atomic mass is 10.1. The molecule has 0 unspecified atom stereocenters. The van der Waals surface area contributed by atoms with E-state index in [9.17, 15) is 4.79 Å². The summed E-state index contributed by atoms with van der Waals surface area (Å²) < 4.78 is 0. The van der Waals surface area contributed by atoms with Gasteiger partial charge in [0.2, 0.25) is 0 Å². The summed E-state index contributed by atoms with van der Waals surface area (Å²) in [5.74, 6) is -0.184. The number of anilines is 2. The number of aromatic nitrogens is 1. The van der Waals surface area contributed by atoms with Gasteiger partial charge in [-0.25, -0.2) is 0 Å². The summed E-state index contributed by atoms with van der Waals surface area (Å²) in [4.78, 5) is 16.1. The third-order valence-electron chi connectivity index (χ3n) is 2.61. The van der Waals surface area contributed by atoms with Gasteiger partial charge in [-0.2, -0.15) is 0 Å². The monoisotopic (exact) mass is 241 g/mol. The van der Waals surface area contributed by atoms with Gasteiger partial charge >= 0.3 is 0 Å². The van der Waals surface area contributed by atoms with Crippen LogP contribution in [0.3, 0.4) is 0 Å². The predicted molar refractivity (Wildman–Crippen MR) is 72.5 cm³/mol. The van der Waals surface area contributed by atoms with Crippen LogP contribution >= 0.6 is 0 Å². The first kappa shape index (κ1) is 12.1. The molecule has 1 aromatic heterocycles. The summed E-state index contributed by atoms with van der Waals surface area (Å²) in [5, 5.41) is 2.79. The van der Waals surface area contributed by atoms with Crippen LogP contribution in [-0.2, 0) is 0 Å². The van der Waals surface area contributed by atoms with Gasteiger partial charge in [-0.15, -0.1) is 0 Å². The topological polar surface area (TPSA) is 68.0 Å². The zero-order valence-corrected chi connectivity index (χ0v) is 10.4. The van der Waals surface area contributed by atoms with Crippen molar-refractivity contribution in [2.75, 3.05) is 11.1 Å². The Hall–Kier alpha value is -2.36. The summed E-state index contributed by atoms with van der Waals surface area (Å²) in [6.07, 6.45) is 1.61. The molecule has 0 saturated heterocycles. The fourth-order valence-electron chi connectivity index (χ4n) is 1.68. The van der Waals surface area contributed by atoms with E-state index in [1.54, 1.807) is 24.4 Å². The minimum atomic E-state index is -0.184. The van der Waals surface area contributed by atoms with Gasteiger partial charge in [0.15, 0.2) is 0 Å². The van der Waals surface area contributed by atoms with Gasteiger partial charge in [0, 0.05) is 17.5 Å². The molecule has 0 atom stereocenters. The highest BCUT2D eigenvalue weighted by Crippen LogP contribution is 2.20. The van der Waals surface area contributed by atoms with Crippen molar-refractivity contribution in [1.82, 2.24) is 4.98 Å². The number of nitrogens with one attached hydrogen (secondary N) is 1. The Morgan fingerprint density at radius 1 is 1.22 bits per heavy atom. The molecular formula is C14H15N3O. The van der Waals surface area contributed by atoms with E-state index < -0.39 is 0 Å². The third-order valence-corrected chi connectivity index (χ3v) is 2.61. The number of rotatable bonds is 2. The molecule has 0 fully saturated rings. The van der Waals surface area contributed by atoms with Gasteiger partial charge < -0.3 is 11.1 Å². The molecule has 3 N–H and O–H groups in total. The van der Waals surface area contributed by atoms with Crippen molar-refractivity contribution in [2.45, 2.75) is 13.8 Å². The summed E-state index contributed by atoms with van der Waals surface area (Å²) >= 11 is 0. The van der Waals surface area contributed by atoms with E-state index in [1.807, 2.05) is 26.0 Å². The molecule has 4 nitrogen and oxygen atoms in total. The van der Waals surface area contributed by atoms with Crippen LogP contribution in [-0.4, -0.2) is 10.9 Å². The van der Waals surface area contributed by atoms with E-state index in [0.29, 0.717) is 16.9 Å². The van der Waals surface area contributed by atoms with Crippen LogP contribution in [0.2, 0.25) is 0 Å². The van der Waals surface area contributed by atoms with Crippen LogP contribution in [0.15, 0.2) is 36.5 Å². The van der Waals surface area contributed by atoms with Crippen molar-refractivity contribution < 1.29 is 4.79 Å². The van der Waals surface area contributed by atoms with Gasteiger partial charge in [-0.05, 0) is 43.7 Å². The van der Waals surface area contributed by atoms with E-state index in [2.05, 4.69) is 10.3 Å². The van der Waals surface area contributed by atoms with Crippen LogP contribution < -0.4 is 11.1 Å². The van der Waals surface area contributed by atoms with Gasteiger partial charge in [-0.1, -0.05) is 6.07 Å². The number of carbonyl (C=O) groups excluding carboxylic acids is 1. The molecule has 0 aliphatic carbocycles. The number of benzene rings is 1. The average molecular weight is 241 g/mol. The van der Waals surface area contributed by atoms with Crippen LogP contribution in [0, 0.1) is 13.8 Å². The number of aryl methyl sites for hydroxylation is 2. The number of nitrogens with zero attached hydrogens (tertiary/aromatic N) is 1.